The van der Waals surface area contributed by atoms with E-state index in [1.165, 1.54) is 12.1 Å². The smallest absolute Gasteiger partial charge is 0.142 e. The maximum Gasteiger partial charge on any atom is 0.142 e. The monoisotopic (exact) mass is 358 g/mol. The van der Waals surface area contributed by atoms with Gasteiger partial charge in [0.25, 0.3) is 0 Å². The Kier molecular flexibility index (Phi) is 5.02. The van der Waals surface area contributed by atoms with Gasteiger partial charge in [-0.25, -0.2) is 4.39 Å². The van der Waals surface area contributed by atoms with E-state index in [4.69, 9.17) is 16.3 Å². The van der Waals surface area contributed by atoms with E-state index in [1.54, 1.807) is 13.2 Å². The molecular formula is C15H13BrClFO2. The molecule has 0 saturated carbocycles. The van der Waals surface area contributed by atoms with Gasteiger partial charge < -0.3 is 9.84 Å². The predicted octanol–water partition coefficient (Wildman–Crippen LogP) is 4.53. The molecule has 106 valence electrons. The Morgan fingerprint density at radius 2 is 2.05 bits per heavy atom. The van der Waals surface area contributed by atoms with Crippen LogP contribution in [0, 0.1) is 5.82 Å². The van der Waals surface area contributed by atoms with E-state index in [2.05, 4.69) is 15.9 Å². The molecule has 2 aromatic carbocycles. The highest BCUT2D eigenvalue weighted by Crippen LogP contribution is 2.29. The van der Waals surface area contributed by atoms with Crippen molar-refractivity contribution in [3.8, 4) is 5.75 Å². The van der Waals surface area contributed by atoms with Crippen LogP contribution < -0.4 is 4.74 Å². The Morgan fingerprint density at radius 1 is 1.30 bits per heavy atom. The Balaban J connectivity index is 2.24. The fourth-order valence-corrected chi connectivity index (χ4v) is 2.48. The van der Waals surface area contributed by atoms with Crippen LogP contribution in [0.15, 0.2) is 40.9 Å². The van der Waals surface area contributed by atoms with Gasteiger partial charge >= 0.3 is 0 Å². The highest BCUT2D eigenvalue weighted by Gasteiger charge is 2.14. The number of halogens is 3. The lowest BCUT2D eigenvalue weighted by Crippen LogP contribution is -2.04. The molecular weight excluding hydrogens is 347 g/mol. The molecule has 0 fully saturated rings. The van der Waals surface area contributed by atoms with E-state index < -0.39 is 11.9 Å². The number of ether oxygens (including phenoxy) is 1. The third-order valence-electron chi connectivity index (χ3n) is 2.98. The van der Waals surface area contributed by atoms with E-state index >= 15 is 0 Å². The fraction of sp³-hybridized carbons (Fsp3) is 0.200. The average molecular weight is 360 g/mol. The SMILES string of the molecule is COc1ccc(Br)cc1CC(O)c1ccc(Cl)c(F)c1. The van der Waals surface area contributed by atoms with Crippen molar-refractivity contribution >= 4 is 27.5 Å². The van der Waals surface area contributed by atoms with E-state index in [9.17, 15) is 9.50 Å². The molecule has 0 aromatic heterocycles. The lowest BCUT2D eigenvalue weighted by molar-refractivity contribution is 0.177. The minimum Gasteiger partial charge on any atom is -0.496 e. The molecule has 1 N–H and O–H groups in total. The summed E-state index contributed by atoms with van der Waals surface area (Å²) >= 11 is 9.01. The first-order chi connectivity index (χ1) is 9.51. The normalized spacial score (nSPS) is 12.2. The lowest BCUT2D eigenvalue weighted by atomic mass is 10.0. The zero-order valence-electron chi connectivity index (χ0n) is 10.7. The van der Waals surface area contributed by atoms with Gasteiger partial charge in [-0.2, -0.15) is 0 Å². The summed E-state index contributed by atoms with van der Waals surface area (Å²) in [4.78, 5) is 0. The molecule has 0 heterocycles. The third kappa shape index (κ3) is 3.51. The van der Waals surface area contributed by atoms with E-state index in [1.807, 2.05) is 18.2 Å². The maximum absolute atomic E-state index is 13.4. The first-order valence-corrected chi connectivity index (χ1v) is 7.14. The van der Waals surface area contributed by atoms with Crippen molar-refractivity contribution in [2.24, 2.45) is 0 Å². The molecule has 2 aromatic rings. The number of hydrogen-bond donors (Lipinski definition) is 1. The lowest BCUT2D eigenvalue weighted by Gasteiger charge is -2.14. The Hall–Kier alpha value is -1.10. The highest BCUT2D eigenvalue weighted by molar-refractivity contribution is 9.10. The van der Waals surface area contributed by atoms with Crippen LogP contribution in [-0.4, -0.2) is 12.2 Å². The summed E-state index contributed by atoms with van der Waals surface area (Å²) in [6.07, 6.45) is -0.506. The molecule has 0 aliphatic rings. The molecule has 0 radical (unpaired) electrons. The number of aliphatic hydroxyl groups excluding tert-OH is 1. The summed E-state index contributed by atoms with van der Waals surface area (Å²) < 4.78 is 19.6. The molecule has 5 heteroatoms. The minimum atomic E-state index is -0.829. The van der Waals surface area contributed by atoms with Crippen molar-refractivity contribution in [3.63, 3.8) is 0 Å². The second kappa shape index (κ2) is 6.57. The van der Waals surface area contributed by atoms with Gasteiger partial charge in [-0.15, -0.1) is 0 Å². The van der Waals surface area contributed by atoms with Crippen LogP contribution >= 0.6 is 27.5 Å². The summed E-state index contributed by atoms with van der Waals surface area (Å²) in [5.41, 5.74) is 1.32. The van der Waals surface area contributed by atoms with Gasteiger partial charge in [0.05, 0.1) is 18.2 Å². The molecule has 0 spiro atoms. The number of methoxy groups -OCH3 is 1. The summed E-state index contributed by atoms with van der Waals surface area (Å²) in [5, 5.41) is 10.3. The largest absolute Gasteiger partial charge is 0.496 e. The van der Waals surface area contributed by atoms with Crippen molar-refractivity contribution in [1.29, 1.82) is 0 Å². The Bertz CT molecular complexity index is 619. The Labute approximate surface area is 130 Å². The quantitative estimate of drug-likeness (QED) is 0.869. The van der Waals surface area contributed by atoms with Crippen molar-refractivity contribution < 1.29 is 14.2 Å². The van der Waals surface area contributed by atoms with Gasteiger partial charge in [-0.3, -0.25) is 0 Å². The zero-order chi connectivity index (χ0) is 14.7. The number of rotatable bonds is 4. The van der Waals surface area contributed by atoms with E-state index in [-0.39, 0.29) is 5.02 Å². The molecule has 0 bridgehead atoms. The molecule has 1 atom stereocenters. The van der Waals surface area contributed by atoms with Crippen molar-refractivity contribution in [3.05, 3.63) is 62.8 Å². The summed E-state index contributed by atoms with van der Waals surface area (Å²) in [6, 6.07) is 9.84. The van der Waals surface area contributed by atoms with Crippen LogP contribution in [0.25, 0.3) is 0 Å². The minimum absolute atomic E-state index is 0.0426. The third-order valence-corrected chi connectivity index (χ3v) is 3.78. The van der Waals surface area contributed by atoms with Crippen LogP contribution in [0.4, 0.5) is 4.39 Å². The van der Waals surface area contributed by atoms with Crippen LogP contribution in [-0.2, 0) is 6.42 Å². The van der Waals surface area contributed by atoms with Crippen molar-refractivity contribution in [1.82, 2.24) is 0 Å². The second-order valence-electron chi connectivity index (χ2n) is 4.35. The van der Waals surface area contributed by atoms with Crippen molar-refractivity contribution in [2.45, 2.75) is 12.5 Å². The molecule has 1 unspecified atom stereocenters. The first kappa shape index (κ1) is 15.3. The topological polar surface area (TPSA) is 29.5 Å². The van der Waals surface area contributed by atoms with Gasteiger partial charge in [0.2, 0.25) is 0 Å². The first-order valence-electron chi connectivity index (χ1n) is 5.96. The van der Waals surface area contributed by atoms with E-state index in [0.29, 0.717) is 17.7 Å². The molecule has 2 rings (SSSR count). The van der Waals surface area contributed by atoms with Crippen molar-refractivity contribution in [2.75, 3.05) is 7.11 Å². The van der Waals surface area contributed by atoms with Crippen LogP contribution in [0.2, 0.25) is 5.02 Å². The average Bonchev–Trinajstić information content (AvgIpc) is 2.42. The molecule has 0 aliphatic heterocycles. The van der Waals surface area contributed by atoms with Crippen LogP contribution in [0.1, 0.15) is 17.2 Å². The molecule has 0 aliphatic carbocycles. The van der Waals surface area contributed by atoms with Gasteiger partial charge in [0.15, 0.2) is 0 Å². The molecule has 0 saturated heterocycles. The second-order valence-corrected chi connectivity index (χ2v) is 5.67. The summed E-state index contributed by atoms with van der Waals surface area (Å²) in [7, 11) is 1.57. The predicted molar refractivity (Wildman–Crippen MR) is 80.8 cm³/mol. The number of benzene rings is 2. The molecule has 20 heavy (non-hydrogen) atoms. The maximum atomic E-state index is 13.4. The van der Waals surface area contributed by atoms with Crippen LogP contribution in [0.5, 0.6) is 5.75 Å². The molecule has 2 nitrogen and oxygen atoms in total. The highest BCUT2D eigenvalue weighted by atomic mass is 79.9. The van der Waals surface area contributed by atoms with Crippen LogP contribution in [0.3, 0.4) is 0 Å². The summed E-state index contributed by atoms with van der Waals surface area (Å²) in [5.74, 6) is 0.145. The van der Waals surface area contributed by atoms with Gasteiger partial charge in [-0.1, -0.05) is 33.6 Å². The van der Waals surface area contributed by atoms with E-state index in [0.717, 1.165) is 10.0 Å². The Morgan fingerprint density at radius 3 is 2.70 bits per heavy atom. The van der Waals surface area contributed by atoms with Gasteiger partial charge in [0.1, 0.15) is 11.6 Å². The van der Waals surface area contributed by atoms with Gasteiger partial charge in [-0.05, 0) is 41.5 Å². The standard InChI is InChI=1S/C15H13BrClFO2/c1-20-15-5-3-11(16)6-10(15)8-14(19)9-2-4-12(17)13(18)7-9/h2-7,14,19H,8H2,1H3. The van der Waals surface area contributed by atoms with Gasteiger partial charge in [0, 0.05) is 10.9 Å². The fourth-order valence-electron chi connectivity index (χ4n) is 1.95. The summed E-state index contributed by atoms with van der Waals surface area (Å²) in [6.45, 7) is 0. The molecule has 0 amide bonds. The number of aliphatic hydroxyl groups is 1. The zero-order valence-corrected chi connectivity index (χ0v) is 13.1. The number of hydrogen-bond acceptors (Lipinski definition) is 2.